The second-order valence-corrected chi connectivity index (χ2v) is 6.97. The fourth-order valence-electron chi connectivity index (χ4n) is 3.82. The van der Waals surface area contributed by atoms with E-state index in [9.17, 15) is 14.0 Å². The highest BCUT2D eigenvalue weighted by Gasteiger charge is 2.32. The molecule has 0 radical (unpaired) electrons. The van der Waals surface area contributed by atoms with Crippen LogP contribution in [0.25, 0.3) is 0 Å². The summed E-state index contributed by atoms with van der Waals surface area (Å²) in [5.74, 6) is -0.889. The first-order valence-corrected chi connectivity index (χ1v) is 9.41. The number of rotatable bonds is 3. The number of nitrogens with zero attached hydrogens (tertiary/aromatic N) is 1. The van der Waals surface area contributed by atoms with Gasteiger partial charge in [-0.1, -0.05) is 36.4 Å². The molecule has 3 aromatic rings. The molecule has 4 rings (SSSR count). The maximum absolute atomic E-state index is 13.5. The number of methoxy groups -OCH3 is 1. The molecule has 4 nitrogen and oxygen atoms in total. The average molecular weight is 389 g/mol. The monoisotopic (exact) mass is 389 g/mol. The first-order chi connectivity index (χ1) is 14.1. The van der Waals surface area contributed by atoms with Gasteiger partial charge in [0.1, 0.15) is 5.82 Å². The van der Waals surface area contributed by atoms with E-state index < -0.39 is 5.97 Å². The second-order valence-electron chi connectivity index (χ2n) is 6.97. The van der Waals surface area contributed by atoms with E-state index >= 15 is 0 Å². The predicted molar refractivity (Wildman–Crippen MR) is 107 cm³/mol. The molecular weight excluding hydrogens is 369 g/mol. The van der Waals surface area contributed by atoms with E-state index in [1.54, 1.807) is 36.4 Å². The molecule has 1 amide bonds. The molecule has 1 aliphatic rings. The van der Waals surface area contributed by atoms with Crippen LogP contribution in [-0.4, -0.2) is 30.4 Å². The Hall–Kier alpha value is -3.47. The van der Waals surface area contributed by atoms with Crippen molar-refractivity contribution in [2.75, 3.05) is 13.7 Å². The van der Waals surface area contributed by atoms with Gasteiger partial charge in [-0.2, -0.15) is 0 Å². The number of carbonyl (C=O) groups excluding carboxylic acids is 2. The fourth-order valence-corrected chi connectivity index (χ4v) is 3.82. The Labute approximate surface area is 168 Å². The van der Waals surface area contributed by atoms with Gasteiger partial charge in [0.05, 0.1) is 18.7 Å². The lowest BCUT2D eigenvalue weighted by molar-refractivity contribution is 0.0599. The van der Waals surface area contributed by atoms with Crippen molar-refractivity contribution in [3.8, 4) is 0 Å². The van der Waals surface area contributed by atoms with Crippen LogP contribution in [0.15, 0.2) is 72.8 Å². The molecule has 0 saturated carbocycles. The van der Waals surface area contributed by atoms with Gasteiger partial charge in [-0.05, 0) is 59.5 Å². The average Bonchev–Trinajstić information content (AvgIpc) is 2.78. The van der Waals surface area contributed by atoms with Crippen LogP contribution in [0.5, 0.6) is 0 Å². The van der Waals surface area contributed by atoms with E-state index in [2.05, 4.69) is 6.07 Å². The van der Waals surface area contributed by atoms with E-state index in [0.29, 0.717) is 17.7 Å². The SMILES string of the molecule is COC(=O)c1ccc(C(=O)N2CCc3ccccc3[C@@H]2c2ccc(F)cc2)cc1. The lowest BCUT2D eigenvalue weighted by Gasteiger charge is -2.38. The topological polar surface area (TPSA) is 46.6 Å². The molecule has 0 unspecified atom stereocenters. The highest BCUT2D eigenvalue weighted by Crippen LogP contribution is 2.36. The molecule has 0 aliphatic carbocycles. The third kappa shape index (κ3) is 3.63. The van der Waals surface area contributed by atoms with Crippen LogP contribution in [0.1, 0.15) is 43.4 Å². The maximum atomic E-state index is 13.5. The van der Waals surface area contributed by atoms with Gasteiger partial charge in [0.15, 0.2) is 0 Å². The highest BCUT2D eigenvalue weighted by atomic mass is 19.1. The minimum atomic E-state index is -0.444. The molecule has 0 spiro atoms. The number of benzene rings is 3. The summed E-state index contributed by atoms with van der Waals surface area (Å²) in [6.07, 6.45) is 0.750. The van der Waals surface area contributed by atoms with E-state index in [1.165, 1.54) is 24.8 Å². The highest BCUT2D eigenvalue weighted by molar-refractivity contribution is 5.96. The third-order valence-corrected chi connectivity index (χ3v) is 5.28. The second kappa shape index (κ2) is 7.87. The van der Waals surface area contributed by atoms with Gasteiger partial charge >= 0.3 is 5.97 Å². The lowest BCUT2D eigenvalue weighted by Crippen LogP contribution is -2.40. The van der Waals surface area contributed by atoms with Gasteiger partial charge in [-0.3, -0.25) is 4.79 Å². The summed E-state index contributed by atoms with van der Waals surface area (Å²) in [7, 11) is 1.32. The van der Waals surface area contributed by atoms with Crippen molar-refractivity contribution in [2.45, 2.75) is 12.5 Å². The number of hydrogen-bond donors (Lipinski definition) is 0. The zero-order chi connectivity index (χ0) is 20.4. The molecule has 0 N–H and O–H groups in total. The molecule has 1 heterocycles. The molecule has 0 saturated heterocycles. The molecule has 0 aromatic heterocycles. The van der Waals surface area contributed by atoms with Crippen LogP contribution in [0.3, 0.4) is 0 Å². The van der Waals surface area contributed by atoms with Crippen LogP contribution < -0.4 is 0 Å². The number of halogens is 1. The minimum absolute atomic E-state index is 0.134. The van der Waals surface area contributed by atoms with Crippen molar-refractivity contribution in [2.24, 2.45) is 0 Å². The Bertz CT molecular complexity index is 1040. The Morgan fingerprint density at radius 3 is 2.28 bits per heavy atom. The summed E-state index contributed by atoms with van der Waals surface area (Å²) in [4.78, 5) is 26.8. The first kappa shape index (κ1) is 18.9. The molecule has 5 heteroatoms. The Balaban J connectivity index is 1.72. The fraction of sp³-hybridized carbons (Fsp3) is 0.167. The van der Waals surface area contributed by atoms with E-state index in [4.69, 9.17) is 4.74 Å². The molecule has 0 bridgehead atoms. The van der Waals surface area contributed by atoms with Crippen LogP contribution in [-0.2, 0) is 11.2 Å². The van der Waals surface area contributed by atoms with Gasteiger partial charge < -0.3 is 9.64 Å². The normalized spacial score (nSPS) is 15.5. The van der Waals surface area contributed by atoms with Crippen molar-refractivity contribution in [1.82, 2.24) is 4.90 Å². The third-order valence-electron chi connectivity index (χ3n) is 5.28. The van der Waals surface area contributed by atoms with Crippen molar-refractivity contribution >= 4 is 11.9 Å². The molecule has 1 atom stereocenters. The molecule has 1 aliphatic heterocycles. The molecule has 0 fully saturated rings. The van der Waals surface area contributed by atoms with Gasteiger partial charge in [0.2, 0.25) is 0 Å². The zero-order valence-electron chi connectivity index (χ0n) is 16.0. The quantitative estimate of drug-likeness (QED) is 0.624. The number of carbonyl (C=O) groups is 2. The molecular formula is C24H20FNO3. The smallest absolute Gasteiger partial charge is 0.337 e. The molecule has 29 heavy (non-hydrogen) atoms. The van der Waals surface area contributed by atoms with E-state index in [-0.39, 0.29) is 17.8 Å². The van der Waals surface area contributed by atoms with Gasteiger partial charge in [0.25, 0.3) is 5.91 Å². The summed E-state index contributed by atoms with van der Waals surface area (Å²) in [6.45, 7) is 0.552. The van der Waals surface area contributed by atoms with Crippen LogP contribution in [0.4, 0.5) is 4.39 Å². The summed E-state index contributed by atoms with van der Waals surface area (Å²) < 4.78 is 18.2. The molecule has 146 valence electrons. The van der Waals surface area contributed by atoms with E-state index in [1.807, 2.05) is 23.1 Å². The lowest BCUT2D eigenvalue weighted by atomic mass is 9.87. The van der Waals surface area contributed by atoms with Crippen molar-refractivity contribution in [1.29, 1.82) is 0 Å². The Kier molecular flexibility index (Phi) is 5.12. The number of fused-ring (bicyclic) bond motifs is 1. The standard InChI is InChI=1S/C24H20FNO3/c1-29-24(28)19-8-6-18(7-9-19)23(27)26-15-14-16-4-2-3-5-21(16)22(26)17-10-12-20(25)13-11-17/h2-13,22H,14-15H2,1H3/t22-/m0/s1. The summed E-state index contributed by atoms with van der Waals surface area (Å²) in [5, 5.41) is 0. The van der Waals surface area contributed by atoms with E-state index in [0.717, 1.165) is 17.5 Å². The summed E-state index contributed by atoms with van der Waals surface area (Å²) >= 11 is 0. The van der Waals surface area contributed by atoms with Gasteiger partial charge in [0, 0.05) is 12.1 Å². The van der Waals surface area contributed by atoms with Crippen molar-refractivity contribution in [3.05, 3.63) is 106 Å². The van der Waals surface area contributed by atoms with Crippen LogP contribution in [0, 0.1) is 5.82 Å². The van der Waals surface area contributed by atoms with Crippen molar-refractivity contribution < 1.29 is 18.7 Å². The zero-order valence-corrected chi connectivity index (χ0v) is 16.0. The Morgan fingerprint density at radius 1 is 0.931 bits per heavy atom. The minimum Gasteiger partial charge on any atom is -0.465 e. The van der Waals surface area contributed by atoms with Gasteiger partial charge in [-0.25, -0.2) is 9.18 Å². The summed E-state index contributed by atoms with van der Waals surface area (Å²) in [6, 6.07) is 20.5. The largest absolute Gasteiger partial charge is 0.465 e. The molecule has 3 aromatic carbocycles. The summed E-state index contributed by atoms with van der Waals surface area (Å²) in [5.41, 5.74) is 3.97. The van der Waals surface area contributed by atoms with Gasteiger partial charge in [-0.15, -0.1) is 0 Å². The number of amides is 1. The van der Waals surface area contributed by atoms with Crippen LogP contribution >= 0.6 is 0 Å². The van der Waals surface area contributed by atoms with Crippen LogP contribution in [0.2, 0.25) is 0 Å². The predicted octanol–water partition coefficient (Wildman–Crippen LogP) is 4.40. The number of hydrogen-bond acceptors (Lipinski definition) is 3. The number of esters is 1. The maximum Gasteiger partial charge on any atom is 0.337 e. The number of ether oxygens (including phenoxy) is 1. The Morgan fingerprint density at radius 2 is 1.59 bits per heavy atom. The van der Waals surface area contributed by atoms with Crippen molar-refractivity contribution in [3.63, 3.8) is 0 Å². The first-order valence-electron chi connectivity index (χ1n) is 9.41.